The molecule has 12 rings (SSSR count). The van der Waals surface area contributed by atoms with Crippen LogP contribution in [0.3, 0.4) is 0 Å². The first-order chi connectivity index (χ1) is 36.5. The SMILES string of the molecule is Cc1cc(-c2nc(-c3ccccc3F)c3c(n2)[C@]2(C)C=C(C#N)C(=O)C(C)(CC(F)c4cc(-c5nc(OC6CCCC6)c6c(n5)[C@]5(C)C=C(C#N)C(=O)C(C)(C)[C@H]5CC6)c5ccccc5n4)[C@H]2CC3)c2ccccc2n1. The van der Waals surface area contributed by atoms with Crippen LogP contribution >= 0.6 is 0 Å². The summed E-state index contributed by atoms with van der Waals surface area (Å²) >= 11 is 0. The summed E-state index contributed by atoms with van der Waals surface area (Å²) in [7, 11) is 0. The Hall–Kier alpha value is -7.90. The van der Waals surface area contributed by atoms with Crippen LogP contribution in [0.1, 0.15) is 120 Å². The Labute approximate surface area is 440 Å². The minimum Gasteiger partial charge on any atom is -0.474 e. The Bertz CT molecular complexity index is 3810. The second kappa shape index (κ2) is 17.9. The zero-order valence-electron chi connectivity index (χ0n) is 43.5. The van der Waals surface area contributed by atoms with Crippen LogP contribution < -0.4 is 4.74 Å². The molecule has 7 aromatic rings. The minimum absolute atomic E-state index is 0.0469. The van der Waals surface area contributed by atoms with Crippen LogP contribution in [0.4, 0.5) is 8.78 Å². The van der Waals surface area contributed by atoms with E-state index in [1.54, 1.807) is 43.3 Å². The topological polar surface area (TPSA) is 168 Å². The molecule has 76 heavy (non-hydrogen) atoms. The van der Waals surface area contributed by atoms with E-state index in [2.05, 4.69) is 12.1 Å². The number of Topliss-reactive ketones (excluding diaryl/α,β-unsaturated/α-hetero) is 2. The molecule has 0 spiro atoms. The minimum atomic E-state index is -1.82. The molecule has 2 unspecified atom stereocenters. The van der Waals surface area contributed by atoms with Gasteiger partial charge >= 0.3 is 0 Å². The molecule has 0 bridgehead atoms. The third kappa shape index (κ3) is 7.51. The zero-order valence-corrected chi connectivity index (χ0v) is 43.5. The van der Waals surface area contributed by atoms with Gasteiger partial charge in [-0.15, -0.1) is 0 Å². The number of ether oxygens (including phenoxy) is 1. The molecule has 1 saturated carbocycles. The summed E-state index contributed by atoms with van der Waals surface area (Å²) in [4.78, 5) is 59.5. The van der Waals surface area contributed by atoms with E-state index in [-0.39, 0.29) is 41.1 Å². The lowest BCUT2D eigenvalue weighted by molar-refractivity contribution is -0.131. The van der Waals surface area contributed by atoms with Crippen molar-refractivity contribution in [1.82, 2.24) is 29.9 Å². The molecule has 0 N–H and O–H groups in total. The summed E-state index contributed by atoms with van der Waals surface area (Å²) in [5.41, 5.74) is 2.52. The normalized spacial score (nSPS) is 25.1. The number of halogens is 2. The molecule has 4 heterocycles. The number of carbonyl (C=O) groups excluding carboxylic acids is 2. The molecule has 11 nitrogen and oxygen atoms in total. The van der Waals surface area contributed by atoms with E-state index >= 15 is 8.78 Å². The third-order valence-electron chi connectivity index (χ3n) is 17.9. The summed E-state index contributed by atoms with van der Waals surface area (Å²) in [5.74, 6) is -0.740. The number of hydrogen-bond acceptors (Lipinski definition) is 11. The molecule has 0 saturated heterocycles. The lowest BCUT2D eigenvalue weighted by atomic mass is 9.50. The first kappa shape index (κ1) is 49.0. The van der Waals surface area contributed by atoms with Gasteiger partial charge in [0.05, 0.1) is 45.0 Å². The van der Waals surface area contributed by atoms with Crippen molar-refractivity contribution in [2.75, 3.05) is 0 Å². The van der Waals surface area contributed by atoms with E-state index < -0.39 is 45.4 Å². The fourth-order valence-corrected chi connectivity index (χ4v) is 14.2. The van der Waals surface area contributed by atoms with Crippen molar-refractivity contribution in [2.24, 2.45) is 22.7 Å². The highest BCUT2D eigenvalue weighted by atomic mass is 19.1. The highest BCUT2D eigenvalue weighted by Gasteiger charge is 2.59. The molecule has 3 aromatic carbocycles. The number of nitrogens with zero attached hydrogens (tertiary/aromatic N) is 8. The highest BCUT2D eigenvalue weighted by Crippen LogP contribution is 2.59. The highest BCUT2D eigenvalue weighted by molar-refractivity contribution is 6.05. The maximum Gasteiger partial charge on any atom is 0.220 e. The monoisotopic (exact) mass is 1010 g/mol. The summed E-state index contributed by atoms with van der Waals surface area (Å²) < 4.78 is 41.0. The predicted molar refractivity (Wildman–Crippen MR) is 285 cm³/mol. The summed E-state index contributed by atoms with van der Waals surface area (Å²) in [6.07, 6.45) is 7.14. The van der Waals surface area contributed by atoms with Crippen molar-refractivity contribution in [3.8, 4) is 52.1 Å². The van der Waals surface area contributed by atoms with Crippen molar-refractivity contribution >= 4 is 33.4 Å². The van der Waals surface area contributed by atoms with Crippen molar-refractivity contribution in [3.05, 3.63) is 148 Å². The van der Waals surface area contributed by atoms with E-state index in [1.807, 2.05) is 89.2 Å². The number of carbonyl (C=O) groups is 2. The Kier molecular flexibility index (Phi) is 11.5. The van der Waals surface area contributed by atoms with Crippen LogP contribution in [0.2, 0.25) is 0 Å². The number of aryl methyl sites for hydroxylation is 1. The second-order valence-electron chi connectivity index (χ2n) is 22.9. The van der Waals surface area contributed by atoms with Crippen molar-refractivity contribution in [1.29, 1.82) is 10.5 Å². The van der Waals surface area contributed by atoms with Gasteiger partial charge in [0.2, 0.25) is 5.88 Å². The van der Waals surface area contributed by atoms with Gasteiger partial charge in [0.15, 0.2) is 23.2 Å². The maximum atomic E-state index is 18.2. The van der Waals surface area contributed by atoms with Gasteiger partial charge in [0.1, 0.15) is 30.2 Å². The Morgan fingerprint density at radius 1 is 0.658 bits per heavy atom. The van der Waals surface area contributed by atoms with Crippen molar-refractivity contribution in [3.63, 3.8) is 0 Å². The molecule has 0 amide bonds. The number of allylic oxidation sites excluding steroid dienone is 4. The van der Waals surface area contributed by atoms with E-state index in [4.69, 9.17) is 34.6 Å². The number of alkyl halides is 1. The van der Waals surface area contributed by atoms with Crippen LogP contribution in [-0.4, -0.2) is 47.6 Å². The Morgan fingerprint density at radius 3 is 1.91 bits per heavy atom. The van der Waals surface area contributed by atoms with Crippen LogP contribution in [0.15, 0.2) is 108 Å². The number of benzene rings is 3. The molecule has 6 atom stereocenters. The first-order valence-corrected chi connectivity index (χ1v) is 26.5. The number of rotatable bonds is 8. The van der Waals surface area contributed by atoms with Gasteiger partial charge in [-0.1, -0.05) is 95.3 Å². The van der Waals surface area contributed by atoms with E-state index in [0.29, 0.717) is 93.5 Å². The Balaban J connectivity index is 0.991. The van der Waals surface area contributed by atoms with E-state index in [0.717, 1.165) is 47.8 Å². The van der Waals surface area contributed by atoms with Gasteiger partial charge in [-0.05, 0) is 113 Å². The Morgan fingerprint density at radius 2 is 1.22 bits per heavy atom. The summed E-state index contributed by atoms with van der Waals surface area (Å²) in [5, 5.41) is 22.6. The molecule has 13 heteroatoms. The standard InChI is InChI=1S/C63H56F2N8O3/c1-34-27-43(38-17-10-13-21-47(38)68-34)57-70-52(40-19-9-12-20-45(40)64)41-23-26-51-62(5,53(41)71-57)30-36(33-67)56(75)63(51,6)31-46(65)49-28-44(39-18-11-14-22-48(39)69-49)58-72-54-42(59(73-58)76-37-15-7-8-16-37)24-25-50-60(2,3)55(74)35(32-66)29-61(50,54)4/h9-14,17-22,27-30,37,46,50-51H,7-8,15-16,23-26,31H2,1-6H3/t46?,50-,51+,61-,62-,63?/m1/s1. The molecule has 4 aromatic heterocycles. The average Bonchev–Trinajstić information content (AvgIpc) is 4.08. The van der Waals surface area contributed by atoms with Gasteiger partial charge in [0.25, 0.3) is 0 Å². The largest absolute Gasteiger partial charge is 0.474 e. The zero-order chi connectivity index (χ0) is 53.1. The van der Waals surface area contributed by atoms with Gasteiger partial charge < -0.3 is 4.74 Å². The van der Waals surface area contributed by atoms with E-state index in [9.17, 15) is 20.1 Å². The second-order valence-corrected chi connectivity index (χ2v) is 22.9. The van der Waals surface area contributed by atoms with Gasteiger partial charge in [0, 0.05) is 65.9 Å². The molecule has 5 aliphatic rings. The molecular formula is C63H56F2N8O3. The molecule has 1 fully saturated rings. The van der Waals surface area contributed by atoms with Gasteiger partial charge in [-0.25, -0.2) is 28.7 Å². The number of fused-ring (bicyclic) bond motifs is 8. The quantitative estimate of drug-likeness (QED) is 0.142. The number of ketones is 2. The van der Waals surface area contributed by atoms with Crippen LogP contribution in [-0.2, 0) is 33.3 Å². The third-order valence-corrected chi connectivity index (χ3v) is 17.9. The maximum absolute atomic E-state index is 18.2. The average molecular weight is 1010 g/mol. The molecular weight excluding hydrogens is 955 g/mol. The number of aromatic nitrogens is 6. The number of pyridine rings is 2. The van der Waals surface area contributed by atoms with Gasteiger partial charge in [-0.2, -0.15) is 15.5 Å². The predicted octanol–water partition coefficient (Wildman–Crippen LogP) is 13.0. The van der Waals surface area contributed by atoms with Crippen molar-refractivity contribution in [2.45, 2.75) is 122 Å². The smallest absolute Gasteiger partial charge is 0.220 e. The van der Waals surface area contributed by atoms with Gasteiger partial charge in [-0.3, -0.25) is 14.6 Å². The number of para-hydroxylation sites is 2. The molecule has 5 aliphatic carbocycles. The fourth-order valence-electron chi connectivity index (χ4n) is 14.2. The van der Waals surface area contributed by atoms with E-state index in [1.165, 1.54) is 6.07 Å². The fraction of sp³-hybridized carbons (Fsp3) is 0.365. The van der Waals surface area contributed by atoms with Crippen molar-refractivity contribution < 1.29 is 23.1 Å². The lowest BCUT2D eigenvalue weighted by Crippen LogP contribution is -2.53. The molecule has 380 valence electrons. The van der Waals surface area contributed by atoms with Crippen LogP contribution in [0.5, 0.6) is 5.88 Å². The number of nitriles is 2. The van der Waals surface area contributed by atoms with Crippen LogP contribution in [0, 0.1) is 58.1 Å². The molecule has 0 aliphatic heterocycles. The van der Waals surface area contributed by atoms with Crippen LogP contribution in [0.25, 0.3) is 55.8 Å². The summed E-state index contributed by atoms with van der Waals surface area (Å²) in [6.45, 7) is 11.5. The first-order valence-electron chi connectivity index (χ1n) is 26.5. The molecule has 0 radical (unpaired) electrons. The summed E-state index contributed by atoms with van der Waals surface area (Å²) in [6, 6.07) is 29.6. The lowest BCUT2D eigenvalue weighted by Gasteiger charge is -2.52. The number of hydrogen-bond donors (Lipinski definition) is 0.